The number of carbonyl (C=O) groups excluding carboxylic acids is 1. The Balaban J connectivity index is 3.04. The van der Waals surface area contributed by atoms with E-state index in [1.54, 1.807) is 25.1 Å². The molecular weight excluding hydrogens is 250 g/mol. The molecule has 0 heterocycles. The minimum Gasteiger partial charge on any atom is -0.398 e. The van der Waals surface area contributed by atoms with Crippen molar-refractivity contribution in [2.75, 3.05) is 5.73 Å². The van der Waals surface area contributed by atoms with Gasteiger partial charge in [0, 0.05) is 16.1 Å². The molecule has 1 unspecified atom stereocenters. The number of nitrogen functional groups attached to an aromatic ring is 1. The van der Waals surface area contributed by atoms with Crippen molar-refractivity contribution in [3.63, 3.8) is 0 Å². The van der Waals surface area contributed by atoms with Crippen LogP contribution in [0.5, 0.6) is 0 Å². The van der Waals surface area contributed by atoms with Crippen LogP contribution in [-0.4, -0.2) is 10.6 Å². The first-order valence-corrected chi connectivity index (χ1v) is 5.15. The van der Waals surface area contributed by atoms with Crippen molar-refractivity contribution in [1.29, 1.82) is 0 Å². The third-order valence-electron chi connectivity index (χ3n) is 1.67. The van der Waals surface area contributed by atoms with Crippen LogP contribution in [-0.2, 0) is 0 Å². The molecular formula is C9H10BrNOS. The summed E-state index contributed by atoms with van der Waals surface area (Å²) >= 11 is 7.33. The molecule has 0 aromatic heterocycles. The van der Waals surface area contributed by atoms with Gasteiger partial charge in [-0.2, -0.15) is 0 Å². The van der Waals surface area contributed by atoms with Crippen LogP contribution in [0.2, 0.25) is 0 Å². The Kier molecular flexibility index (Phi) is 3.39. The summed E-state index contributed by atoms with van der Waals surface area (Å²) in [4.78, 5) is 12.0. The monoisotopic (exact) mass is 259 g/mol. The molecule has 13 heavy (non-hydrogen) atoms. The lowest BCUT2D eigenvalue weighted by molar-refractivity contribution is 0.0996. The van der Waals surface area contributed by atoms with E-state index >= 15 is 0 Å². The van der Waals surface area contributed by atoms with Crippen LogP contribution in [0, 0.1) is 0 Å². The average molecular weight is 260 g/mol. The van der Waals surface area contributed by atoms with Crippen LogP contribution < -0.4 is 5.73 Å². The van der Waals surface area contributed by atoms with E-state index in [2.05, 4.69) is 28.6 Å². The summed E-state index contributed by atoms with van der Waals surface area (Å²) < 4.78 is 0. The zero-order chi connectivity index (χ0) is 10.0. The number of ketones is 1. The van der Waals surface area contributed by atoms with Crippen LogP contribution in [0.4, 0.5) is 5.69 Å². The molecule has 2 nitrogen and oxygen atoms in total. The van der Waals surface area contributed by atoms with Crippen LogP contribution in [0.15, 0.2) is 23.1 Å². The molecule has 1 aromatic rings. The number of hydrogen-bond acceptors (Lipinski definition) is 3. The highest BCUT2D eigenvalue weighted by Crippen LogP contribution is 2.19. The fourth-order valence-electron chi connectivity index (χ4n) is 0.937. The fourth-order valence-corrected chi connectivity index (χ4v) is 1.34. The zero-order valence-electron chi connectivity index (χ0n) is 7.12. The normalized spacial score (nSPS) is 12.5. The first-order valence-electron chi connectivity index (χ1n) is 3.79. The summed E-state index contributed by atoms with van der Waals surface area (Å²) in [6.07, 6.45) is 0. The fraction of sp³-hybridized carbons (Fsp3) is 0.222. The smallest absolute Gasteiger partial charge is 0.176 e. The Morgan fingerprint density at radius 1 is 1.62 bits per heavy atom. The maximum atomic E-state index is 11.5. The van der Waals surface area contributed by atoms with Gasteiger partial charge in [-0.15, -0.1) is 12.6 Å². The number of anilines is 1. The van der Waals surface area contributed by atoms with Crippen molar-refractivity contribution < 1.29 is 4.79 Å². The minimum atomic E-state index is -0.183. The number of hydrogen-bond donors (Lipinski definition) is 2. The molecule has 0 saturated heterocycles. The van der Waals surface area contributed by atoms with Crippen LogP contribution in [0.1, 0.15) is 17.3 Å². The molecule has 0 aliphatic heterocycles. The maximum absolute atomic E-state index is 11.5. The van der Waals surface area contributed by atoms with Gasteiger partial charge in [-0.1, -0.05) is 22.0 Å². The summed E-state index contributed by atoms with van der Waals surface area (Å²) in [7, 11) is 0. The van der Waals surface area contributed by atoms with Crippen molar-refractivity contribution in [1.82, 2.24) is 0 Å². The molecule has 0 radical (unpaired) electrons. The molecule has 4 heteroatoms. The van der Waals surface area contributed by atoms with E-state index in [4.69, 9.17) is 5.73 Å². The van der Waals surface area contributed by atoms with E-state index in [-0.39, 0.29) is 10.6 Å². The highest BCUT2D eigenvalue weighted by Gasteiger charge is 2.12. The summed E-state index contributed by atoms with van der Waals surface area (Å²) in [5, 5.41) is 0. The third-order valence-corrected chi connectivity index (χ3v) is 2.50. The van der Waals surface area contributed by atoms with E-state index in [0.717, 1.165) is 0 Å². The van der Waals surface area contributed by atoms with Gasteiger partial charge in [-0.05, 0) is 19.1 Å². The van der Waals surface area contributed by atoms with E-state index in [0.29, 0.717) is 16.1 Å². The number of Topliss-reactive ketones (excluding diaryl/α,β-unsaturated/α-hetero) is 1. The van der Waals surface area contributed by atoms with E-state index in [1.165, 1.54) is 0 Å². The van der Waals surface area contributed by atoms with Crippen LogP contribution >= 0.6 is 28.6 Å². The number of nitrogens with two attached hydrogens (primary N) is 1. The standard InChI is InChI=1S/C9H10BrNOS/c1-5(10)9(12)6-2-3-8(13)7(11)4-6/h2-5,13H,11H2,1H3. The Bertz CT molecular complexity index is 338. The largest absolute Gasteiger partial charge is 0.398 e. The topological polar surface area (TPSA) is 43.1 Å². The first-order chi connectivity index (χ1) is 6.02. The van der Waals surface area contributed by atoms with E-state index in [1.807, 2.05) is 0 Å². The Labute approximate surface area is 91.1 Å². The van der Waals surface area contributed by atoms with Gasteiger partial charge in [-0.3, -0.25) is 4.79 Å². The molecule has 0 aliphatic carbocycles. The van der Waals surface area contributed by atoms with E-state index < -0.39 is 0 Å². The number of halogens is 1. The van der Waals surface area contributed by atoms with Crippen LogP contribution in [0.3, 0.4) is 0 Å². The molecule has 0 amide bonds. The second-order valence-electron chi connectivity index (χ2n) is 2.75. The molecule has 1 atom stereocenters. The predicted molar refractivity (Wildman–Crippen MR) is 60.8 cm³/mol. The molecule has 1 aromatic carbocycles. The number of rotatable bonds is 2. The average Bonchev–Trinajstić information content (AvgIpc) is 2.08. The van der Waals surface area contributed by atoms with Crippen molar-refractivity contribution in [2.45, 2.75) is 16.6 Å². The second-order valence-corrected chi connectivity index (χ2v) is 4.61. The Morgan fingerprint density at radius 3 is 2.69 bits per heavy atom. The van der Waals surface area contributed by atoms with Gasteiger partial charge in [0.05, 0.1) is 4.83 Å². The molecule has 0 bridgehead atoms. The molecule has 0 saturated carbocycles. The van der Waals surface area contributed by atoms with Crippen molar-refractivity contribution in [2.24, 2.45) is 0 Å². The van der Waals surface area contributed by atoms with Crippen LogP contribution in [0.25, 0.3) is 0 Å². The third kappa shape index (κ3) is 2.48. The predicted octanol–water partition coefficient (Wildman–Crippen LogP) is 2.52. The molecule has 0 aliphatic rings. The van der Waals surface area contributed by atoms with Gasteiger partial charge in [-0.25, -0.2) is 0 Å². The van der Waals surface area contributed by atoms with Gasteiger partial charge in [0.1, 0.15) is 0 Å². The highest BCUT2D eigenvalue weighted by atomic mass is 79.9. The number of carbonyl (C=O) groups is 1. The lowest BCUT2D eigenvalue weighted by Gasteiger charge is -2.04. The number of alkyl halides is 1. The summed E-state index contributed by atoms with van der Waals surface area (Å²) in [5.74, 6) is 0.0278. The molecule has 0 spiro atoms. The maximum Gasteiger partial charge on any atom is 0.176 e. The van der Waals surface area contributed by atoms with Gasteiger partial charge < -0.3 is 5.73 Å². The van der Waals surface area contributed by atoms with E-state index in [9.17, 15) is 4.79 Å². The Hall–Kier alpha value is -0.480. The lowest BCUT2D eigenvalue weighted by atomic mass is 10.1. The number of benzene rings is 1. The minimum absolute atomic E-state index is 0.0278. The lowest BCUT2D eigenvalue weighted by Crippen LogP contribution is -2.10. The second kappa shape index (κ2) is 4.15. The first kappa shape index (κ1) is 10.6. The van der Waals surface area contributed by atoms with Gasteiger partial charge in [0.25, 0.3) is 0 Å². The van der Waals surface area contributed by atoms with Crippen molar-refractivity contribution in [3.8, 4) is 0 Å². The zero-order valence-corrected chi connectivity index (χ0v) is 9.60. The Morgan fingerprint density at radius 2 is 2.23 bits per heavy atom. The molecule has 2 N–H and O–H groups in total. The molecule has 0 fully saturated rings. The summed E-state index contributed by atoms with van der Waals surface area (Å²) in [5.41, 5.74) is 6.76. The van der Waals surface area contributed by atoms with Crippen molar-refractivity contribution >= 4 is 40.0 Å². The van der Waals surface area contributed by atoms with Gasteiger partial charge >= 0.3 is 0 Å². The summed E-state index contributed by atoms with van der Waals surface area (Å²) in [6.45, 7) is 1.78. The quantitative estimate of drug-likeness (QED) is 0.371. The SMILES string of the molecule is CC(Br)C(=O)c1ccc(S)c(N)c1. The van der Waals surface area contributed by atoms with Crippen molar-refractivity contribution in [3.05, 3.63) is 23.8 Å². The number of thiol groups is 1. The summed E-state index contributed by atoms with van der Waals surface area (Å²) in [6, 6.07) is 5.09. The molecule has 1 rings (SSSR count). The van der Waals surface area contributed by atoms with Gasteiger partial charge in [0.15, 0.2) is 5.78 Å². The molecule has 70 valence electrons. The van der Waals surface area contributed by atoms with Gasteiger partial charge in [0.2, 0.25) is 0 Å². The highest BCUT2D eigenvalue weighted by molar-refractivity contribution is 9.10.